The second-order valence-electron chi connectivity index (χ2n) is 3.14. The SMILES string of the molecule is OCCCCCC1=CC[CH]C=C1. The van der Waals surface area contributed by atoms with Gasteiger partial charge in [0.25, 0.3) is 0 Å². The van der Waals surface area contributed by atoms with Gasteiger partial charge in [0.15, 0.2) is 0 Å². The normalized spacial score (nSPS) is 16.2. The first-order valence-electron chi connectivity index (χ1n) is 4.73. The maximum absolute atomic E-state index is 8.57. The lowest BCUT2D eigenvalue weighted by molar-refractivity contribution is 0.283. The lowest BCUT2D eigenvalue weighted by atomic mass is 10.0. The fourth-order valence-corrected chi connectivity index (χ4v) is 1.36. The van der Waals surface area contributed by atoms with E-state index in [-0.39, 0.29) is 0 Å². The molecule has 0 spiro atoms. The molecule has 1 N–H and O–H groups in total. The van der Waals surface area contributed by atoms with Crippen molar-refractivity contribution in [3.63, 3.8) is 0 Å². The van der Waals surface area contributed by atoms with E-state index in [2.05, 4.69) is 24.6 Å². The summed E-state index contributed by atoms with van der Waals surface area (Å²) < 4.78 is 0. The molecule has 0 atom stereocenters. The van der Waals surface area contributed by atoms with Gasteiger partial charge in [0.2, 0.25) is 0 Å². The third kappa shape index (κ3) is 3.72. The van der Waals surface area contributed by atoms with Gasteiger partial charge < -0.3 is 5.11 Å². The largest absolute Gasteiger partial charge is 0.396 e. The Labute approximate surface area is 74.8 Å². The van der Waals surface area contributed by atoms with Gasteiger partial charge in [-0.3, -0.25) is 0 Å². The predicted molar refractivity (Wildman–Crippen MR) is 51.7 cm³/mol. The van der Waals surface area contributed by atoms with E-state index in [0.29, 0.717) is 6.61 Å². The number of aliphatic hydroxyl groups is 1. The highest BCUT2D eigenvalue weighted by Crippen LogP contribution is 2.15. The van der Waals surface area contributed by atoms with Gasteiger partial charge in [-0.1, -0.05) is 30.2 Å². The first-order valence-corrected chi connectivity index (χ1v) is 4.73. The number of hydrogen-bond donors (Lipinski definition) is 1. The molecular weight excluding hydrogens is 148 g/mol. The molecule has 1 rings (SSSR count). The lowest BCUT2D eigenvalue weighted by Crippen LogP contribution is -1.88. The van der Waals surface area contributed by atoms with E-state index in [1.54, 1.807) is 0 Å². The summed E-state index contributed by atoms with van der Waals surface area (Å²) in [6.45, 7) is 0.336. The molecule has 0 heterocycles. The Hall–Kier alpha value is -0.560. The van der Waals surface area contributed by atoms with E-state index in [1.165, 1.54) is 18.4 Å². The van der Waals surface area contributed by atoms with Crippen LogP contribution in [0.25, 0.3) is 0 Å². The van der Waals surface area contributed by atoms with Gasteiger partial charge in [-0.25, -0.2) is 0 Å². The molecule has 67 valence electrons. The zero-order valence-electron chi connectivity index (χ0n) is 7.50. The molecule has 0 aliphatic heterocycles. The summed E-state index contributed by atoms with van der Waals surface area (Å²) in [4.78, 5) is 0. The van der Waals surface area contributed by atoms with Crippen LogP contribution in [0.5, 0.6) is 0 Å². The molecule has 0 saturated carbocycles. The van der Waals surface area contributed by atoms with Crippen LogP contribution in [-0.2, 0) is 0 Å². The maximum Gasteiger partial charge on any atom is 0.0431 e. The Balaban J connectivity index is 2.06. The van der Waals surface area contributed by atoms with Crippen LogP contribution in [-0.4, -0.2) is 11.7 Å². The average molecular weight is 165 g/mol. The van der Waals surface area contributed by atoms with Crippen LogP contribution < -0.4 is 0 Å². The smallest absolute Gasteiger partial charge is 0.0431 e. The molecule has 0 unspecified atom stereocenters. The van der Waals surface area contributed by atoms with Gasteiger partial charge in [0.05, 0.1) is 0 Å². The molecule has 0 aromatic carbocycles. The highest BCUT2D eigenvalue weighted by atomic mass is 16.2. The van der Waals surface area contributed by atoms with Crippen molar-refractivity contribution in [2.24, 2.45) is 0 Å². The van der Waals surface area contributed by atoms with Crippen molar-refractivity contribution in [1.82, 2.24) is 0 Å². The third-order valence-electron chi connectivity index (χ3n) is 2.09. The number of aliphatic hydroxyl groups excluding tert-OH is 1. The van der Waals surface area contributed by atoms with Crippen LogP contribution in [0.1, 0.15) is 32.1 Å². The fourth-order valence-electron chi connectivity index (χ4n) is 1.36. The van der Waals surface area contributed by atoms with Gasteiger partial charge in [-0.2, -0.15) is 0 Å². The van der Waals surface area contributed by atoms with Crippen molar-refractivity contribution in [3.05, 3.63) is 30.2 Å². The Morgan fingerprint density at radius 2 is 2.17 bits per heavy atom. The summed E-state index contributed by atoms with van der Waals surface area (Å²) in [6.07, 6.45) is 14.3. The van der Waals surface area contributed by atoms with E-state index in [9.17, 15) is 0 Å². The topological polar surface area (TPSA) is 20.2 Å². The summed E-state index contributed by atoms with van der Waals surface area (Å²) in [5.41, 5.74) is 1.45. The first-order chi connectivity index (χ1) is 5.93. The monoisotopic (exact) mass is 165 g/mol. The van der Waals surface area contributed by atoms with Crippen LogP contribution in [0.4, 0.5) is 0 Å². The Morgan fingerprint density at radius 1 is 1.25 bits per heavy atom. The van der Waals surface area contributed by atoms with Gasteiger partial charge in [-0.15, -0.1) is 0 Å². The molecule has 1 radical (unpaired) electrons. The van der Waals surface area contributed by atoms with E-state index >= 15 is 0 Å². The van der Waals surface area contributed by atoms with Crippen molar-refractivity contribution in [2.45, 2.75) is 32.1 Å². The zero-order chi connectivity index (χ0) is 8.65. The Bertz CT molecular complexity index is 168. The molecule has 1 aliphatic carbocycles. The molecule has 0 bridgehead atoms. The quantitative estimate of drug-likeness (QED) is 0.621. The van der Waals surface area contributed by atoms with E-state index < -0.39 is 0 Å². The van der Waals surface area contributed by atoms with Crippen molar-refractivity contribution in [1.29, 1.82) is 0 Å². The molecule has 0 fully saturated rings. The minimum atomic E-state index is 0.336. The molecule has 0 aromatic rings. The van der Waals surface area contributed by atoms with Crippen LogP contribution in [0.3, 0.4) is 0 Å². The molecule has 0 amide bonds. The molecule has 1 nitrogen and oxygen atoms in total. The molecular formula is C11H17O. The van der Waals surface area contributed by atoms with Crippen LogP contribution in [0, 0.1) is 6.42 Å². The summed E-state index contributed by atoms with van der Waals surface area (Å²) in [6, 6.07) is 0. The summed E-state index contributed by atoms with van der Waals surface area (Å²) >= 11 is 0. The van der Waals surface area contributed by atoms with E-state index in [4.69, 9.17) is 5.11 Å². The van der Waals surface area contributed by atoms with Gasteiger partial charge in [0.1, 0.15) is 0 Å². The average Bonchev–Trinajstić information content (AvgIpc) is 2.14. The molecule has 12 heavy (non-hydrogen) atoms. The maximum atomic E-state index is 8.57. The number of rotatable bonds is 5. The van der Waals surface area contributed by atoms with Crippen molar-refractivity contribution in [3.8, 4) is 0 Å². The number of unbranched alkanes of at least 4 members (excludes halogenated alkanes) is 2. The third-order valence-corrected chi connectivity index (χ3v) is 2.09. The highest BCUT2D eigenvalue weighted by molar-refractivity contribution is 5.26. The van der Waals surface area contributed by atoms with Crippen molar-refractivity contribution < 1.29 is 5.11 Å². The van der Waals surface area contributed by atoms with Crippen LogP contribution in [0.15, 0.2) is 23.8 Å². The number of hydrogen-bond acceptors (Lipinski definition) is 1. The molecule has 1 aliphatic rings. The second-order valence-corrected chi connectivity index (χ2v) is 3.14. The molecule has 0 aromatic heterocycles. The van der Waals surface area contributed by atoms with Crippen molar-refractivity contribution in [2.75, 3.05) is 6.61 Å². The van der Waals surface area contributed by atoms with Gasteiger partial charge >= 0.3 is 0 Å². The Morgan fingerprint density at radius 3 is 2.83 bits per heavy atom. The standard InChI is InChI=1S/C11H17O/c12-10-6-2-5-9-11-7-3-1-4-8-11/h1,3,7-8,12H,2,4-6,9-10H2. The Kier molecular flexibility index (Phi) is 4.77. The second kappa shape index (κ2) is 6.01. The molecule has 1 heteroatoms. The summed E-state index contributed by atoms with van der Waals surface area (Å²) in [5.74, 6) is 0. The molecule has 0 saturated heterocycles. The van der Waals surface area contributed by atoms with Crippen LogP contribution >= 0.6 is 0 Å². The lowest BCUT2D eigenvalue weighted by Gasteiger charge is -2.05. The van der Waals surface area contributed by atoms with Crippen molar-refractivity contribution >= 4 is 0 Å². The predicted octanol–water partition coefficient (Wildman–Crippen LogP) is 2.63. The highest BCUT2D eigenvalue weighted by Gasteiger charge is 1.96. The minimum Gasteiger partial charge on any atom is -0.396 e. The minimum absolute atomic E-state index is 0.336. The number of allylic oxidation sites excluding steroid dienone is 4. The van der Waals surface area contributed by atoms with Gasteiger partial charge in [0, 0.05) is 6.61 Å². The van der Waals surface area contributed by atoms with Crippen LogP contribution in [0.2, 0.25) is 0 Å². The summed E-state index contributed by atoms with van der Waals surface area (Å²) in [5, 5.41) is 8.57. The van der Waals surface area contributed by atoms with E-state index in [0.717, 1.165) is 19.3 Å². The zero-order valence-corrected chi connectivity index (χ0v) is 7.50. The van der Waals surface area contributed by atoms with E-state index in [1.807, 2.05) is 0 Å². The summed E-state index contributed by atoms with van der Waals surface area (Å²) in [7, 11) is 0. The first kappa shape index (κ1) is 9.53. The fraction of sp³-hybridized carbons (Fsp3) is 0.545. The van der Waals surface area contributed by atoms with Gasteiger partial charge in [-0.05, 0) is 32.1 Å².